The molecule has 4 N–H and O–H groups in total. The molecule has 0 saturated carbocycles. The van der Waals surface area contributed by atoms with Crippen LogP contribution in [-0.4, -0.2) is 10.2 Å². The second-order valence-electron chi connectivity index (χ2n) is 2.00. The molecule has 4 heteroatoms. The highest BCUT2D eigenvalue weighted by Gasteiger charge is 1.99. The highest BCUT2D eigenvalue weighted by Crippen LogP contribution is 1.98. The van der Waals surface area contributed by atoms with Crippen molar-refractivity contribution >= 4 is 0 Å². The van der Waals surface area contributed by atoms with E-state index in [1.807, 2.05) is 0 Å². The summed E-state index contributed by atoms with van der Waals surface area (Å²) >= 11 is 0. The Morgan fingerprint density at radius 3 is 2.56 bits per heavy atom. The lowest BCUT2D eigenvalue weighted by Gasteiger charge is -1.96. The number of nitrogens with two attached hydrogens (primary N) is 1. The molecule has 1 atom stereocenters. The molecule has 0 aliphatic carbocycles. The minimum Gasteiger partial charge on any atom is -0.323 e. The summed E-state index contributed by atoms with van der Waals surface area (Å²) in [4.78, 5) is 10.5. The second-order valence-corrected chi connectivity index (χ2v) is 2.00. The number of aromatic nitrogens is 2. The Hall–Kier alpha value is -1.03. The van der Waals surface area contributed by atoms with Gasteiger partial charge in [0.25, 0.3) is 5.56 Å². The van der Waals surface area contributed by atoms with Crippen molar-refractivity contribution in [2.75, 3.05) is 0 Å². The Kier molecular flexibility index (Phi) is 1.40. The quantitative estimate of drug-likeness (QED) is 0.485. The molecule has 1 aromatic rings. The molecule has 0 unspecified atom stereocenters. The monoisotopic (exact) mass is 127 g/mol. The molecule has 1 heterocycles. The van der Waals surface area contributed by atoms with Crippen LogP contribution >= 0.6 is 0 Å². The van der Waals surface area contributed by atoms with Gasteiger partial charge in [0.05, 0.1) is 5.69 Å². The first-order valence-electron chi connectivity index (χ1n) is 2.73. The average molecular weight is 127 g/mol. The molecule has 0 aromatic carbocycles. The van der Waals surface area contributed by atoms with Crippen molar-refractivity contribution in [2.24, 2.45) is 5.73 Å². The lowest BCUT2D eigenvalue weighted by Crippen LogP contribution is -2.05. The number of nitrogens with one attached hydrogen (secondary N) is 2. The van der Waals surface area contributed by atoms with Crippen LogP contribution in [0.1, 0.15) is 18.7 Å². The fourth-order valence-corrected chi connectivity index (χ4v) is 0.592. The van der Waals surface area contributed by atoms with E-state index >= 15 is 0 Å². The molecular weight excluding hydrogens is 118 g/mol. The number of H-pyrrole nitrogens is 2. The van der Waals surface area contributed by atoms with Crippen LogP contribution in [0.3, 0.4) is 0 Å². The van der Waals surface area contributed by atoms with E-state index in [9.17, 15) is 4.79 Å². The van der Waals surface area contributed by atoms with Crippen molar-refractivity contribution in [3.8, 4) is 0 Å². The van der Waals surface area contributed by atoms with Gasteiger partial charge < -0.3 is 10.8 Å². The van der Waals surface area contributed by atoms with Gasteiger partial charge in [-0.15, -0.1) is 0 Å². The molecule has 0 saturated heterocycles. The van der Waals surface area contributed by atoms with E-state index in [2.05, 4.69) is 10.2 Å². The van der Waals surface area contributed by atoms with Gasteiger partial charge in [-0.05, 0) is 6.92 Å². The minimum atomic E-state index is -0.137. The van der Waals surface area contributed by atoms with E-state index in [0.29, 0.717) is 0 Å². The Bertz CT molecular complexity index is 234. The van der Waals surface area contributed by atoms with E-state index in [1.54, 1.807) is 6.92 Å². The van der Waals surface area contributed by atoms with E-state index in [1.165, 1.54) is 6.07 Å². The largest absolute Gasteiger partial charge is 0.323 e. The van der Waals surface area contributed by atoms with Crippen LogP contribution in [-0.2, 0) is 0 Å². The molecule has 50 valence electrons. The van der Waals surface area contributed by atoms with E-state index in [4.69, 9.17) is 5.73 Å². The van der Waals surface area contributed by atoms with Gasteiger partial charge in [-0.3, -0.25) is 9.89 Å². The van der Waals surface area contributed by atoms with Crippen molar-refractivity contribution in [3.63, 3.8) is 0 Å². The number of rotatable bonds is 1. The maximum atomic E-state index is 10.5. The summed E-state index contributed by atoms with van der Waals surface area (Å²) in [6.07, 6.45) is 0. The smallest absolute Gasteiger partial charge is 0.264 e. The zero-order chi connectivity index (χ0) is 6.85. The number of hydrogen-bond donors (Lipinski definition) is 3. The zero-order valence-corrected chi connectivity index (χ0v) is 5.14. The molecule has 0 amide bonds. The van der Waals surface area contributed by atoms with Gasteiger partial charge in [0.1, 0.15) is 0 Å². The Morgan fingerprint density at radius 2 is 2.33 bits per heavy atom. The lowest BCUT2D eigenvalue weighted by atomic mass is 10.3. The third kappa shape index (κ3) is 1.20. The van der Waals surface area contributed by atoms with Gasteiger partial charge in [-0.25, -0.2) is 0 Å². The van der Waals surface area contributed by atoms with Crippen LogP contribution in [0.5, 0.6) is 0 Å². The van der Waals surface area contributed by atoms with Crippen molar-refractivity contribution < 1.29 is 0 Å². The minimum absolute atomic E-state index is 0.107. The molecule has 0 aliphatic rings. The van der Waals surface area contributed by atoms with Crippen LogP contribution in [0.4, 0.5) is 0 Å². The predicted octanol–water partition coefficient (Wildman–Crippen LogP) is -0.277. The van der Waals surface area contributed by atoms with E-state index in [0.717, 1.165) is 5.69 Å². The van der Waals surface area contributed by atoms with Crippen LogP contribution < -0.4 is 11.3 Å². The number of aromatic amines is 2. The summed E-state index contributed by atoms with van der Waals surface area (Å²) in [5, 5.41) is 5.03. The van der Waals surface area contributed by atoms with Gasteiger partial charge in [0, 0.05) is 12.1 Å². The molecule has 0 radical (unpaired) electrons. The summed E-state index contributed by atoms with van der Waals surface area (Å²) in [6.45, 7) is 1.80. The maximum Gasteiger partial charge on any atom is 0.264 e. The third-order valence-electron chi connectivity index (χ3n) is 1.11. The zero-order valence-electron chi connectivity index (χ0n) is 5.14. The fraction of sp³-hybridized carbons (Fsp3) is 0.400. The van der Waals surface area contributed by atoms with Crippen molar-refractivity contribution in [1.82, 2.24) is 10.2 Å². The second kappa shape index (κ2) is 2.06. The van der Waals surface area contributed by atoms with Gasteiger partial charge >= 0.3 is 0 Å². The van der Waals surface area contributed by atoms with Crippen molar-refractivity contribution in [3.05, 3.63) is 22.1 Å². The van der Waals surface area contributed by atoms with Crippen LogP contribution in [0.15, 0.2) is 10.9 Å². The first kappa shape index (κ1) is 6.10. The Morgan fingerprint density at radius 1 is 1.67 bits per heavy atom. The molecule has 4 nitrogen and oxygen atoms in total. The number of hydrogen-bond acceptors (Lipinski definition) is 2. The molecule has 1 rings (SSSR count). The summed E-state index contributed by atoms with van der Waals surface area (Å²) in [5.74, 6) is 0. The summed E-state index contributed by atoms with van der Waals surface area (Å²) in [7, 11) is 0. The maximum absolute atomic E-state index is 10.5. The van der Waals surface area contributed by atoms with Gasteiger partial charge in [-0.2, -0.15) is 0 Å². The molecule has 0 bridgehead atoms. The van der Waals surface area contributed by atoms with Crippen LogP contribution in [0, 0.1) is 0 Å². The topological polar surface area (TPSA) is 74.7 Å². The van der Waals surface area contributed by atoms with Crippen LogP contribution in [0.25, 0.3) is 0 Å². The Balaban J connectivity index is 2.98. The van der Waals surface area contributed by atoms with Gasteiger partial charge in [0.15, 0.2) is 0 Å². The molecule has 1 aromatic heterocycles. The first-order chi connectivity index (χ1) is 4.20. The molecular formula is C5H9N3O. The highest BCUT2D eigenvalue weighted by atomic mass is 16.1. The first-order valence-corrected chi connectivity index (χ1v) is 2.73. The molecule has 0 fully saturated rings. The average Bonchev–Trinajstić information content (AvgIpc) is 2.14. The van der Waals surface area contributed by atoms with Crippen LogP contribution in [0.2, 0.25) is 0 Å². The highest BCUT2D eigenvalue weighted by molar-refractivity contribution is 5.01. The summed E-state index contributed by atoms with van der Waals surface area (Å²) in [5.41, 5.74) is 6.04. The fourth-order valence-electron chi connectivity index (χ4n) is 0.592. The van der Waals surface area contributed by atoms with E-state index < -0.39 is 0 Å². The lowest BCUT2D eigenvalue weighted by molar-refractivity contribution is 0.772. The Labute approximate surface area is 52.1 Å². The van der Waals surface area contributed by atoms with E-state index in [-0.39, 0.29) is 11.6 Å². The van der Waals surface area contributed by atoms with Gasteiger partial charge in [0.2, 0.25) is 0 Å². The molecule has 9 heavy (non-hydrogen) atoms. The standard InChI is InChI=1S/C5H9N3O/c1-3(6)4-2-5(9)8-7-4/h2-3H,6H2,1H3,(H2,7,8,9)/t3-/m1/s1. The summed E-state index contributed by atoms with van der Waals surface area (Å²) < 4.78 is 0. The predicted molar refractivity (Wildman–Crippen MR) is 34.0 cm³/mol. The third-order valence-corrected chi connectivity index (χ3v) is 1.11. The van der Waals surface area contributed by atoms with Gasteiger partial charge in [-0.1, -0.05) is 0 Å². The molecule has 0 spiro atoms. The normalized spacial score (nSPS) is 13.6. The van der Waals surface area contributed by atoms with Crippen molar-refractivity contribution in [2.45, 2.75) is 13.0 Å². The SMILES string of the molecule is C[C@@H](N)c1cc(=O)[nH][nH]1. The molecule has 0 aliphatic heterocycles. The van der Waals surface area contributed by atoms with Crippen molar-refractivity contribution in [1.29, 1.82) is 0 Å². The summed E-state index contributed by atoms with van der Waals surface area (Å²) in [6, 6.07) is 1.34.